The molecule has 0 aromatic carbocycles. The molecule has 2 atom stereocenters. The fourth-order valence-corrected chi connectivity index (χ4v) is 3.72. The van der Waals surface area contributed by atoms with E-state index in [-0.39, 0.29) is 23.8 Å². The van der Waals surface area contributed by atoms with Crippen LogP contribution in [0, 0.1) is 5.92 Å². The molecule has 3 rings (SSSR count). The van der Waals surface area contributed by atoms with Crippen LogP contribution in [0.2, 0.25) is 0 Å². The number of piperidine rings is 1. The first-order valence-corrected chi connectivity index (χ1v) is 8.81. The Morgan fingerprint density at radius 3 is 2.68 bits per heavy atom. The molecule has 2 aliphatic rings. The molecule has 136 valence electrons. The van der Waals surface area contributed by atoms with Crippen LogP contribution in [0.1, 0.15) is 12.8 Å². The number of carbonyl (C=O) groups excluding carboxylic acids is 2. The van der Waals surface area contributed by atoms with Gasteiger partial charge in [-0.25, -0.2) is 4.98 Å². The van der Waals surface area contributed by atoms with Gasteiger partial charge in [0.1, 0.15) is 5.82 Å². The molecule has 1 aromatic heterocycles. The Hall–Kier alpha value is -2.15. The maximum absolute atomic E-state index is 13.0. The molecule has 0 saturated carbocycles. The number of likely N-dealkylation sites (N-methyl/N-ethyl adjacent to an activating group) is 1. The number of ether oxygens (including phenoxy) is 1. The first kappa shape index (κ1) is 17.7. The molecule has 0 unspecified atom stereocenters. The Bertz CT molecular complexity index is 602. The van der Waals surface area contributed by atoms with Crippen LogP contribution < -0.4 is 4.90 Å². The van der Waals surface area contributed by atoms with Crippen molar-refractivity contribution >= 4 is 17.6 Å². The summed E-state index contributed by atoms with van der Waals surface area (Å²) in [5.74, 6) is 1.01. The third-order valence-corrected chi connectivity index (χ3v) is 5.24. The summed E-state index contributed by atoms with van der Waals surface area (Å²) in [7, 11) is 3.38. The predicted molar refractivity (Wildman–Crippen MR) is 94.2 cm³/mol. The lowest BCUT2D eigenvalue weighted by molar-refractivity contribution is -0.148. The van der Waals surface area contributed by atoms with Gasteiger partial charge in [-0.3, -0.25) is 9.59 Å². The van der Waals surface area contributed by atoms with Crippen LogP contribution in [0.15, 0.2) is 24.4 Å². The van der Waals surface area contributed by atoms with E-state index in [2.05, 4.69) is 9.88 Å². The second kappa shape index (κ2) is 7.82. The van der Waals surface area contributed by atoms with Crippen LogP contribution >= 0.6 is 0 Å². The normalized spacial score (nSPS) is 24.6. The van der Waals surface area contributed by atoms with Gasteiger partial charge >= 0.3 is 0 Å². The molecule has 0 bridgehead atoms. The van der Waals surface area contributed by atoms with Gasteiger partial charge in [0.15, 0.2) is 0 Å². The van der Waals surface area contributed by atoms with Crippen LogP contribution in [0.4, 0.5) is 5.82 Å². The van der Waals surface area contributed by atoms with Crippen molar-refractivity contribution in [2.75, 3.05) is 51.8 Å². The molecule has 25 heavy (non-hydrogen) atoms. The van der Waals surface area contributed by atoms with Crippen molar-refractivity contribution < 1.29 is 14.3 Å². The highest BCUT2D eigenvalue weighted by atomic mass is 16.5. The van der Waals surface area contributed by atoms with Gasteiger partial charge in [-0.05, 0) is 18.6 Å². The number of piperazine rings is 1. The fourth-order valence-electron chi connectivity index (χ4n) is 3.72. The highest BCUT2D eigenvalue weighted by Gasteiger charge is 2.40. The molecule has 3 heterocycles. The number of carbonyl (C=O) groups is 2. The van der Waals surface area contributed by atoms with Gasteiger partial charge < -0.3 is 19.4 Å². The molecule has 2 fully saturated rings. The third-order valence-electron chi connectivity index (χ3n) is 5.24. The van der Waals surface area contributed by atoms with E-state index in [1.165, 1.54) is 0 Å². The Labute approximate surface area is 148 Å². The van der Waals surface area contributed by atoms with Crippen molar-refractivity contribution in [3.8, 4) is 0 Å². The number of nitrogens with zero attached hydrogens (tertiary/aromatic N) is 4. The Balaban J connectivity index is 1.62. The summed E-state index contributed by atoms with van der Waals surface area (Å²) < 4.78 is 5.26. The van der Waals surface area contributed by atoms with Gasteiger partial charge in [0.25, 0.3) is 0 Å². The van der Waals surface area contributed by atoms with Gasteiger partial charge in [-0.2, -0.15) is 0 Å². The van der Waals surface area contributed by atoms with Crippen molar-refractivity contribution in [3.63, 3.8) is 0 Å². The summed E-state index contributed by atoms with van der Waals surface area (Å²) >= 11 is 0. The highest BCUT2D eigenvalue weighted by molar-refractivity contribution is 5.84. The van der Waals surface area contributed by atoms with E-state index >= 15 is 0 Å². The largest absolute Gasteiger partial charge is 0.383 e. The summed E-state index contributed by atoms with van der Waals surface area (Å²) in [4.78, 5) is 35.2. The van der Waals surface area contributed by atoms with Gasteiger partial charge in [-0.15, -0.1) is 0 Å². The predicted octanol–water partition coefficient (Wildman–Crippen LogP) is 0.614. The molecule has 0 radical (unpaired) electrons. The average Bonchev–Trinajstić information content (AvgIpc) is 2.66. The van der Waals surface area contributed by atoms with E-state index in [0.717, 1.165) is 18.9 Å². The zero-order valence-electron chi connectivity index (χ0n) is 14.9. The van der Waals surface area contributed by atoms with Crippen molar-refractivity contribution in [3.05, 3.63) is 24.4 Å². The number of methoxy groups -OCH3 is 1. The van der Waals surface area contributed by atoms with Crippen LogP contribution in [0.5, 0.6) is 0 Å². The molecule has 0 spiro atoms. The molecule has 7 heteroatoms. The minimum Gasteiger partial charge on any atom is -0.383 e. The van der Waals surface area contributed by atoms with E-state index < -0.39 is 0 Å². The molecular weight excluding hydrogens is 320 g/mol. The average molecular weight is 346 g/mol. The number of likely N-dealkylation sites (tertiary alicyclic amines) is 1. The van der Waals surface area contributed by atoms with Gasteiger partial charge in [0.2, 0.25) is 11.8 Å². The van der Waals surface area contributed by atoms with E-state index in [1.54, 1.807) is 25.3 Å². The third kappa shape index (κ3) is 3.76. The molecule has 0 N–H and O–H groups in total. The van der Waals surface area contributed by atoms with E-state index in [4.69, 9.17) is 4.74 Å². The first-order valence-electron chi connectivity index (χ1n) is 8.81. The molecule has 1 aromatic rings. The number of anilines is 1. The second-order valence-corrected chi connectivity index (χ2v) is 6.67. The van der Waals surface area contributed by atoms with Crippen LogP contribution in [-0.4, -0.2) is 79.6 Å². The molecule has 7 nitrogen and oxygen atoms in total. The monoisotopic (exact) mass is 346 g/mol. The summed E-state index contributed by atoms with van der Waals surface area (Å²) in [5, 5.41) is 0. The number of amides is 2. The zero-order valence-corrected chi connectivity index (χ0v) is 14.9. The number of hydrogen-bond donors (Lipinski definition) is 0. The molecule has 2 saturated heterocycles. The number of aromatic nitrogens is 1. The van der Waals surface area contributed by atoms with Crippen molar-refractivity contribution in [2.24, 2.45) is 5.92 Å². The fraction of sp³-hybridized carbons (Fsp3) is 0.611. The Morgan fingerprint density at radius 1 is 1.28 bits per heavy atom. The minimum absolute atomic E-state index is 0.0890. The van der Waals surface area contributed by atoms with Crippen molar-refractivity contribution in [1.29, 1.82) is 0 Å². The first-order chi connectivity index (χ1) is 12.1. The van der Waals surface area contributed by atoms with Crippen molar-refractivity contribution in [2.45, 2.75) is 18.9 Å². The van der Waals surface area contributed by atoms with Gasteiger partial charge in [-0.1, -0.05) is 6.07 Å². The summed E-state index contributed by atoms with van der Waals surface area (Å²) in [6.07, 6.45) is 2.83. The lowest BCUT2D eigenvalue weighted by Crippen LogP contribution is -2.57. The zero-order chi connectivity index (χ0) is 17.8. The van der Waals surface area contributed by atoms with Crippen molar-refractivity contribution in [1.82, 2.24) is 14.8 Å². The molecule has 2 aliphatic heterocycles. The smallest absolute Gasteiger partial charge is 0.227 e. The molecular formula is C18H26N4O3. The number of hydrogen-bond acceptors (Lipinski definition) is 5. The van der Waals surface area contributed by atoms with Gasteiger partial charge in [0.05, 0.1) is 18.6 Å². The molecule has 2 amide bonds. The SMILES string of the molecule is COC[C@@H]1[C@H](C(=O)N2CCN(c3ccccn3)CC2)CCC(=O)N1C. The molecule has 0 aliphatic carbocycles. The summed E-state index contributed by atoms with van der Waals surface area (Å²) in [6.45, 7) is 3.32. The number of pyridine rings is 1. The van der Waals surface area contributed by atoms with E-state index in [9.17, 15) is 9.59 Å². The maximum Gasteiger partial charge on any atom is 0.227 e. The minimum atomic E-state index is -0.177. The summed E-state index contributed by atoms with van der Waals surface area (Å²) in [5.41, 5.74) is 0. The van der Waals surface area contributed by atoms with Crippen LogP contribution in [0.3, 0.4) is 0 Å². The quantitative estimate of drug-likeness (QED) is 0.799. The van der Waals surface area contributed by atoms with Crippen LogP contribution in [-0.2, 0) is 14.3 Å². The van der Waals surface area contributed by atoms with E-state index in [0.29, 0.717) is 32.5 Å². The Kier molecular flexibility index (Phi) is 5.53. The van der Waals surface area contributed by atoms with E-state index in [1.807, 2.05) is 23.1 Å². The number of rotatable bonds is 4. The standard InChI is InChI=1S/C18H26N4O3/c1-20-15(13-25-2)14(6-7-17(20)23)18(24)22-11-9-21(10-12-22)16-5-3-4-8-19-16/h3-5,8,14-15H,6-7,9-13H2,1-2H3/t14-,15-/m1/s1. The Morgan fingerprint density at radius 2 is 2.04 bits per heavy atom. The summed E-state index contributed by atoms with van der Waals surface area (Å²) in [6, 6.07) is 5.70. The highest BCUT2D eigenvalue weighted by Crippen LogP contribution is 2.26. The van der Waals surface area contributed by atoms with Gasteiger partial charge in [0, 0.05) is 53.0 Å². The topological polar surface area (TPSA) is 66.0 Å². The lowest BCUT2D eigenvalue weighted by Gasteiger charge is -2.42. The van der Waals surface area contributed by atoms with Crippen LogP contribution in [0.25, 0.3) is 0 Å². The lowest BCUT2D eigenvalue weighted by atomic mass is 9.88. The maximum atomic E-state index is 13.0. The second-order valence-electron chi connectivity index (χ2n) is 6.67.